The molecule has 4 N–H and O–H groups in total. The third-order valence-corrected chi connectivity index (χ3v) is 11.1. The van der Waals surface area contributed by atoms with Gasteiger partial charge in [0.25, 0.3) is 0 Å². The van der Waals surface area contributed by atoms with Crippen LogP contribution in [0.25, 0.3) is 0 Å². The van der Waals surface area contributed by atoms with E-state index in [0.29, 0.717) is 42.1 Å². The maximum Gasteiger partial charge on any atom is 0.403 e. The van der Waals surface area contributed by atoms with Crippen LogP contribution < -0.4 is 9.82 Å². The second-order valence-corrected chi connectivity index (χ2v) is 14.2. The van der Waals surface area contributed by atoms with Crippen molar-refractivity contribution in [3.05, 3.63) is 65.2 Å². The van der Waals surface area contributed by atoms with Gasteiger partial charge in [0.15, 0.2) is 0 Å². The van der Waals surface area contributed by atoms with E-state index in [1.165, 1.54) is 11.1 Å². The van der Waals surface area contributed by atoms with Gasteiger partial charge in [-0.1, -0.05) is 31.2 Å². The van der Waals surface area contributed by atoms with Crippen molar-refractivity contribution in [2.24, 2.45) is 17.3 Å². The average Bonchev–Trinajstić information content (AvgIpc) is 3.35. The van der Waals surface area contributed by atoms with Gasteiger partial charge < -0.3 is 24.6 Å². The first kappa shape index (κ1) is 33.3. The van der Waals surface area contributed by atoms with E-state index < -0.39 is 32.1 Å². The van der Waals surface area contributed by atoms with Crippen LogP contribution in [0.1, 0.15) is 85.7 Å². The van der Waals surface area contributed by atoms with Gasteiger partial charge in [0.1, 0.15) is 11.8 Å². The van der Waals surface area contributed by atoms with Crippen LogP contribution in [0.2, 0.25) is 0 Å². The Morgan fingerprint density at radius 2 is 1.82 bits per heavy atom. The number of aliphatic carboxylic acids is 2. The van der Waals surface area contributed by atoms with Crippen molar-refractivity contribution in [1.82, 2.24) is 5.09 Å². The van der Waals surface area contributed by atoms with Crippen molar-refractivity contribution in [3.8, 4) is 5.75 Å². The number of carboxylic acids is 2. The maximum absolute atomic E-state index is 12.6. The molecule has 7 atom stereocenters. The van der Waals surface area contributed by atoms with Gasteiger partial charge in [-0.25, -0.2) is 14.4 Å². The molecule has 0 radical (unpaired) electrons. The van der Waals surface area contributed by atoms with Crippen molar-refractivity contribution in [3.63, 3.8) is 0 Å². The van der Waals surface area contributed by atoms with Gasteiger partial charge in [0.2, 0.25) is 0 Å². The first-order valence-electron chi connectivity index (χ1n) is 15.7. The highest BCUT2D eigenvalue weighted by Crippen LogP contribution is 2.61. The van der Waals surface area contributed by atoms with E-state index in [0.717, 1.165) is 38.5 Å². The lowest BCUT2D eigenvalue weighted by Gasteiger charge is -2.50. The minimum atomic E-state index is -4.44. The second-order valence-electron chi connectivity index (χ2n) is 12.7. The second kappa shape index (κ2) is 14.1. The van der Waals surface area contributed by atoms with Crippen LogP contribution in [0.15, 0.2) is 48.5 Å². The molecule has 0 heterocycles. The number of carbonyl (C=O) groups excluding carboxylic acids is 1. The van der Waals surface area contributed by atoms with Gasteiger partial charge in [-0.3, -0.25) is 14.1 Å². The zero-order valence-corrected chi connectivity index (χ0v) is 26.3. The fourth-order valence-electron chi connectivity index (χ4n) is 7.81. The summed E-state index contributed by atoms with van der Waals surface area (Å²) in [5.74, 6) is -0.851. The maximum atomic E-state index is 12.6. The van der Waals surface area contributed by atoms with Crippen LogP contribution in [0.3, 0.4) is 0 Å². The normalized spacial score (nSPS) is 27.3. The van der Waals surface area contributed by atoms with Crippen LogP contribution in [-0.2, 0) is 29.8 Å². The molecule has 2 aromatic carbocycles. The molecular formula is C33H42NO10P. The Kier molecular flexibility index (Phi) is 10.5. The molecule has 11 nitrogen and oxygen atoms in total. The molecule has 2 saturated carbocycles. The summed E-state index contributed by atoms with van der Waals surface area (Å²) >= 11 is 0. The molecule has 0 aliphatic heterocycles. The van der Waals surface area contributed by atoms with Gasteiger partial charge in [0, 0.05) is 13.0 Å². The number of ether oxygens (including phenoxy) is 2. The van der Waals surface area contributed by atoms with E-state index in [9.17, 15) is 28.9 Å². The first-order valence-corrected chi connectivity index (χ1v) is 17.3. The SMILES string of the molecule is CC12CCC3c4ccc(OC(=O)c5ccccc5)cc4CCC3C1CCC2OCCCOP(=O)(O)N[C@@H](CCC(=O)O)C(=O)O. The number of carboxylic acid groups (broad SMARTS) is 2. The van der Waals surface area contributed by atoms with Crippen molar-refractivity contribution in [1.29, 1.82) is 0 Å². The highest BCUT2D eigenvalue weighted by Gasteiger charge is 2.55. The van der Waals surface area contributed by atoms with Gasteiger partial charge in [-0.15, -0.1) is 0 Å². The Morgan fingerprint density at radius 1 is 1.04 bits per heavy atom. The Labute approximate surface area is 262 Å². The molecule has 45 heavy (non-hydrogen) atoms. The van der Waals surface area contributed by atoms with Gasteiger partial charge >= 0.3 is 25.7 Å². The van der Waals surface area contributed by atoms with E-state index in [2.05, 4.69) is 13.0 Å². The predicted molar refractivity (Wildman–Crippen MR) is 164 cm³/mol. The third kappa shape index (κ3) is 7.84. The Balaban J connectivity index is 1.11. The summed E-state index contributed by atoms with van der Waals surface area (Å²) in [6, 6.07) is 13.6. The summed E-state index contributed by atoms with van der Waals surface area (Å²) in [6.45, 7) is 2.57. The summed E-state index contributed by atoms with van der Waals surface area (Å²) in [5, 5.41) is 20.0. The summed E-state index contributed by atoms with van der Waals surface area (Å²) in [4.78, 5) is 44.7. The molecular weight excluding hydrogens is 601 g/mol. The summed E-state index contributed by atoms with van der Waals surface area (Å²) in [6.07, 6.45) is 5.79. The van der Waals surface area contributed by atoms with Crippen LogP contribution in [0.4, 0.5) is 0 Å². The number of benzene rings is 2. The molecule has 244 valence electrons. The number of hydrogen-bond acceptors (Lipinski definition) is 7. The van der Waals surface area contributed by atoms with Gasteiger partial charge in [0.05, 0.1) is 18.3 Å². The van der Waals surface area contributed by atoms with Gasteiger partial charge in [-0.05, 0) is 110 Å². The zero-order chi connectivity index (χ0) is 32.2. The third-order valence-electron chi connectivity index (χ3n) is 9.97. The average molecular weight is 644 g/mol. The Morgan fingerprint density at radius 3 is 2.56 bits per heavy atom. The standard InChI is InChI=1S/C33H42NO10P/c1-33-17-16-25-24-11-9-23(44-32(39)21-6-3-2-4-7-21)20-22(24)8-10-26(25)27(33)12-14-29(33)42-18-5-19-43-45(40,41)34-28(31(37)38)13-15-30(35)36/h2-4,6-7,9,11,20,25-29H,5,8,10,12-19H2,1H3,(H,35,36)(H,37,38)(H2,34,40,41)/t25?,26?,27?,28-,29?,33?/m0/s1. The number of hydrogen-bond donors (Lipinski definition) is 4. The van der Waals surface area contributed by atoms with E-state index in [-0.39, 0.29) is 30.5 Å². The lowest BCUT2D eigenvalue weighted by molar-refractivity contribution is -0.140. The zero-order valence-electron chi connectivity index (χ0n) is 25.4. The van der Waals surface area contributed by atoms with E-state index >= 15 is 0 Å². The van der Waals surface area contributed by atoms with Crippen molar-refractivity contribution in [2.75, 3.05) is 13.2 Å². The molecule has 3 aliphatic carbocycles. The fourth-order valence-corrected chi connectivity index (χ4v) is 8.89. The summed E-state index contributed by atoms with van der Waals surface area (Å²) < 4.78 is 29.4. The van der Waals surface area contributed by atoms with Crippen molar-refractivity contribution in [2.45, 2.75) is 82.8 Å². The smallest absolute Gasteiger partial charge is 0.403 e. The number of rotatable bonds is 14. The van der Waals surface area contributed by atoms with Crippen molar-refractivity contribution < 1.29 is 48.1 Å². The number of carbonyl (C=O) groups is 3. The van der Waals surface area contributed by atoms with Crippen molar-refractivity contribution >= 4 is 25.7 Å². The fraction of sp³-hybridized carbons (Fsp3) is 0.545. The predicted octanol–water partition coefficient (Wildman–Crippen LogP) is 5.56. The first-order chi connectivity index (χ1) is 21.5. The van der Waals surface area contributed by atoms with E-state index in [4.69, 9.17) is 19.1 Å². The number of fused-ring (bicyclic) bond motifs is 5. The molecule has 3 aliphatic rings. The largest absolute Gasteiger partial charge is 0.481 e. The molecule has 2 aromatic rings. The monoisotopic (exact) mass is 643 g/mol. The van der Waals surface area contributed by atoms with E-state index in [1.807, 2.05) is 35.4 Å². The topological polar surface area (TPSA) is 169 Å². The van der Waals surface area contributed by atoms with Gasteiger partial charge in [-0.2, -0.15) is 0 Å². The van der Waals surface area contributed by atoms with E-state index in [1.54, 1.807) is 12.1 Å². The highest BCUT2D eigenvalue weighted by atomic mass is 31.2. The number of aryl methyl sites for hydroxylation is 1. The number of nitrogens with one attached hydrogen (secondary N) is 1. The Bertz CT molecular complexity index is 1430. The quantitative estimate of drug-likeness (QED) is 0.0880. The van der Waals surface area contributed by atoms with Crippen LogP contribution in [0, 0.1) is 17.3 Å². The summed E-state index contributed by atoms with van der Waals surface area (Å²) in [5.41, 5.74) is 3.19. The lowest BCUT2D eigenvalue weighted by atomic mass is 9.55. The molecule has 0 saturated heterocycles. The van der Waals surface area contributed by atoms with Crippen LogP contribution in [-0.4, -0.2) is 58.4 Å². The Hall–Kier alpha value is -3.08. The molecule has 0 aromatic heterocycles. The minimum Gasteiger partial charge on any atom is -0.481 e. The molecule has 6 unspecified atom stereocenters. The highest BCUT2D eigenvalue weighted by molar-refractivity contribution is 7.50. The summed E-state index contributed by atoms with van der Waals surface area (Å²) in [7, 11) is -4.44. The van der Waals surface area contributed by atoms with Crippen LogP contribution >= 0.6 is 7.75 Å². The molecule has 0 spiro atoms. The van der Waals surface area contributed by atoms with Crippen LogP contribution in [0.5, 0.6) is 5.75 Å². The minimum absolute atomic E-state index is 0.0390. The molecule has 12 heteroatoms. The molecule has 2 fully saturated rings. The molecule has 5 rings (SSSR count). The lowest BCUT2D eigenvalue weighted by Crippen LogP contribution is -2.44. The molecule has 0 bridgehead atoms. The number of esters is 1. The molecule has 0 amide bonds.